The van der Waals surface area contributed by atoms with E-state index in [-0.39, 0.29) is 5.92 Å². The lowest BCUT2D eigenvalue weighted by molar-refractivity contribution is -0.137. The highest BCUT2D eigenvalue weighted by Gasteiger charge is 2.31. The number of benzene rings is 1. The molecule has 1 aromatic rings. The molecule has 0 saturated carbocycles. The molecule has 0 aliphatic carbocycles. The van der Waals surface area contributed by atoms with Crippen molar-refractivity contribution in [2.75, 3.05) is 31.6 Å². The van der Waals surface area contributed by atoms with Crippen molar-refractivity contribution in [1.82, 2.24) is 4.90 Å². The number of nitrogens with one attached hydrogen (secondary N) is 1. The number of anilines is 1. The Morgan fingerprint density at radius 3 is 2.82 bits per heavy atom. The predicted molar refractivity (Wildman–Crippen MR) is 72.0 cm³/mol. The second-order valence-corrected chi connectivity index (χ2v) is 5.25. The summed E-state index contributed by atoms with van der Waals surface area (Å²) in [4.78, 5) is 13.5. The van der Waals surface area contributed by atoms with E-state index in [1.807, 2.05) is 6.92 Å². The van der Waals surface area contributed by atoms with Gasteiger partial charge >= 0.3 is 12.2 Å². The van der Waals surface area contributed by atoms with Gasteiger partial charge in [0.15, 0.2) is 0 Å². The molecule has 4 nitrogen and oxygen atoms in total. The van der Waals surface area contributed by atoms with Gasteiger partial charge in [0, 0.05) is 13.1 Å². The zero-order chi connectivity index (χ0) is 16.3. The van der Waals surface area contributed by atoms with Crippen LogP contribution in [0.3, 0.4) is 0 Å². The molecule has 1 aromatic carbocycles. The van der Waals surface area contributed by atoms with Gasteiger partial charge in [-0.15, -0.1) is 0 Å². The van der Waals surface area contributed by atoms with E-state index in [1.54, 1.807) is 0 Å². The normalized spacial score (nSPS) is 19.7. The lowest BCUT2D eigenvalue weighted by atomic mass is 10.2. The van der Waals surface area contributed by atoms with Crippen molar-refractivity contribution < 1.29 is 27.1 Å². The zero-order valence-corrected chi connectivity index (χ0v) is 11.9. The van der Waals surface area contributed by atoms with Gasteiger partial charge in [-0.05, 0) is 24.1 Å². The molecule has 1 unspecified atom stereocenters. The van der Waals surface area contributed by atoms with Gasteiger partial charge in [0.05, 0.1) is 24.5 Å². The molecule has 0 aromatic heterocycles. The van der Waals surface area contributed by atoms with Gasteiger partial charge < -0.3 is 15.0 Å². The van der Waals surface area contributed by atoms with E-state index in [9.17, 15) is 22.4 Å². The van der Waals surface area contributed by atoms with E-state index < -0.39 is 29.3 Å². The minimum Gasteiger partial charge on any atom is -0.379 e. The number of hydrogen-bond acceptors (Lipinski definition) is 2. The highest BCUT2D eigenvalue weighted by atomic mass is 19.4. The molecule has 22 heavy (non-hydrogen) atoms. The van der Waals surface area contributed by atoms with Crippen LogP contribution < -0.4 is 5.32 Å². The number of hydrogen-bond donors (Lipinski definition) is 1. The standard InChI is InChI=1S/C14H16F4N2O2/c1-9-7-20(4-5-22-8-9)13(21)19-12-6-10(14(16,17)18)2-3-11(12)15/h2-3,6,9H,4-5,7-8H2,1H3,(H,19,21). The Balaban J connectivity index is 2.13. The van der Waals surface area contributed by atoms with Crippen LogP contribution in [0.15, 0.2) is 18.2 Å². The highest BCUT2D eigenvalue weighted by molar-refractivity contribution is 5.89. The fourth-order valence-electron chi connectivity index (χ4n) is 2.16. The van der Waals surface area contributed by atoms with Gasteiger partial charge in [0.1, 0.15) is 5.82 Å². The topological polar surface area (TPSA) is 41.6 Å². The second-order valence-electron chi connectivity index (χ2n) is 5.25. The van der Waals surface area contributed by atoms with E-state index >= 15 is 0 Å². The molecule has 1 atom stereocenters. The minimum absolute atomic E-state index is 0.0969. The summed E-state index contributed by atoms with van der Waals surface area (Å²) in [5.41, 5.74) is -1.51. The predicted octanol–water partition coefficient (Wildman–Crippen LogP) is 3.34. The monoisotopic (exact) mass is 320 g/mol. The number of alkyl halides is 3. The number of urea groups is 1. The molecule has 1 aliphatic rings. The average molecular weight is 320 g/mol. The van der Waals surface area contributed by atoms with Crippen molar-refractivity contribution in [3.05, 3.63) is 29.6 Å². The minimum atomic E-state index is -4.60. The molecule has 0 spiro atoms. The number of carbonyl (C=O) groups excluding carboxylic acids is 1. The van der Waals surface area contributed by atoms with Crippen molar-refractivity contribution in [3.63, 3.8) is 0 Å². The number of halogens is 4. The molecule has 1 aliphatic heterocycles. The van der Waals surface area contributed by atoms with Gasteiger partial charge in [-0.25, -0.2) is 9.18 Å². The average Bonchev–Trinajstić information content (AvgIpc) is 2.64. The summed E-state index contributed by atoms with van der Waals surface area (Å²) in [5, 5.41) is 2.20. The summed E-state index contributed by atoms with van der Waals surface area (Å²) in [5.74, 6) is -0.819. The van der Waals surface area contributed by atoms with Crippen molar-refractivity contribution in [2.45, 2.75) is 13.1 Å². The summed E-state index contributed by atoms with van der Waals surface area (Å²) in [6, 6.07) is 1.26. The smallest absolute Gasteiger partial charge is 0.379 e. The molecule has 1 N–H and O–H groups in total. The Morgan fingerprint density at radius 2 is 2.14 bits per heavy atom. The third-order valence-corrected chi connectivity index (χ3v) is 3.26. The summed E-state index contributed by atoms with van der Waals surface area (Å²) >= 11 is 0. The Morgan fingerprint density at radius 1 is 1.41 bits per heavy atom. The van der Waals surface area contributed by atoms with E-state index in [0.29, 0.717) is 44.5 Å². The quantitative estimate of drug-likeness (QED) is 0.806. The maximum Gasteiger partial charge on any atom is 0.416 e. The molecule has 1 heterocycles. The van der Waals surface area contributed by atoms with Gasteiger partial charge in [-0.3, -0.25) is 0 Å². The summed E-state index contributed by atoms with van der Waals surface area (Å²) in [7, 11) is 0. The van der Waals surface area contributed by atoms with Crippen molar-refractivity contribution in [2.24, 2.45) is 5.92 Å². The summed E-state index contributed by atoms with van der Waals surface area (Å²) in [6.45, 7) is 3.42. The fraction of sp³-hybridized carbons (Fsp3) is 0.500. The van der Waals surface area contributed by atoms with E-state index in [4.69, 9.17) is 4.74 Å². The van der Waals surface area contributed by atoms with E-state index in [0.717, 1.165) is 0 Å². The second kappa shape index (κ2) is 6.51. The first-order valence-electron chi connectivity index (χ1n) is 6.78. The Bertz CT molecular complexity index is 548. The molecule has 8 heteroatoms. The largest absolute Gasteiger partial charge is 0.416 e. The van der Waals surface area contributed by atoms with Crippen molar-refractivity contribution in [3.8, 4) is 0 Å². The first-order chi connectivity index (χ1) is 10.3. The molecule has 0 radical (unpaired) electrons. The first kappa shape index (κ1) is 16.5. The number of amides is 2. The van der Waals surface area contributed by atoms with Gasteiger partial charge in [0.2, 0.25) is 0 Å². The summed E-state index contributed by atoms with van der Waals surface area (Å²) < 4.78 is 56.8. The summed E-state index contributed by atoms with van der Waals surface area (Å²) in [6.07, 6.45) is -4.60. The molecule has 1 fully saturated rings. The molecule has 122 valence electrons. The Kier molecular flexibility index (Phi) is 4.90. The number of ether oxygens (including phenoxy) is 1. The van der Waals surface area contributed by atoms with E-state index in [1.165, 1.54) is 4.90 Å². The van der Waals surface area contributed by atoms with Crippen LogP contribution in [0.4, 0.5) is 28.0 Å². The SMILES string of the molecule is CC1COCCN(C(=O)Nc2cc(C(F)(F)F)ccc2F)C1. The van der Waals surface area contributed by atoms with Gasteiger partial charge in [0.25, 0.3) is 0 Å². The number of carbonyl (C=O) groups is 1. The van der Waals surface area contributed by atoms with Crippen LogP contribution in [0.25, 0.3) is 0 Å². The van der Waals surface area contributed by atoms with Crippen LogP contribution >= 0.6 is 0 Å². The lowest BCUT2D eigenvalue weighted by Gasteiger charge is -2.22. The third kappa shape index (κ3) is 4.09. The van der Waals surface area contributed by atoms with E-state index in [2.05, 4.69) is 5.32 Å². The van der Waals surface area contributed by atoms with Crippen molar-refractivity contribution in [1.29, 1.82) is 0 Å². The van der Waals surface area contributed by atoms with Crippen LogP contribution in [0.5, 0.6) is 0 Å². The molecular weight excluding hydrogens is 304 g/mol. The Hall–Kier alpha value is -1.83. The zero-order valence-electron chi connectivity index (χ0n) is 11.9. The first-order valence-corrected chi connectivity index (χ1v) is 6.78. The van der Waals surface area contributed by atoms with Crippen LogP contribution in [-0.2, 0) is 10.9 Å². The lowest BCUT2D eigenvalue weighted by Crippen LogP contribution is -2.38. The molecular formula is C14H16F4N2O2. The highest BCUT2D eigenvalue weighted by Crippen LogP contribution is 2.31. The van der Waals surface area contributed by atoms with Crippen molar-refractivity contribution >= 4 is 11.7 Å². The Labute approximate surface area is 125 Å². The fourth-order valence-corrected chi connectivity index (χ4v) is 2.16. The van der Waals surface area contributed by atoms with Crippen LogP contribution in [0.2, 0.25) is 0 Å². The molecule has 2 amide bonds. The molecule has 2 rings (SSSR count). The van der Waals surface area contributed by atoms with Gasteiger partial charge in [-0.1, -0.05) is 6.92 Å². The molecule has 0 bridgehead atoms. The third-order valence-electron chi connectivity index (χ3n) is 3.26. The number of rotatable bonds is 1. The van der Waals surface area contributed by atoms with Gasteiger partial charge in [-0.2, -0.15) is 13.2 Å². The van der Waals surface area contributed by atoms with Crippen LogP contribution in [0, 0.1) is 11.7 Å². The van der Waals surface area contributed by atoms with Crippen LogP contribution in [0.1, 0.15) is 12.5 Å². The maximum atomic E-state index is 13.6. The molecule has 1 saturated heterocycles. The maximum absolute atomic E-state index is 13.6. The van der Waals surface area contributed by atoms with Crippen LogP contribution in [-0.4, -0.2) is 37.2 Å². The number of nitrogens with zero attached hydrogens (tertiary/aromatic N) is 1.